The summed E-state index contributed by atoms with van der Waals surface area (Å²) in [5.41, 5.74) is 4.59. The third kappa shape index (κ3) is 3.01. The highest BCUT2D eigenvalue weighted by Gasteiger charge is 2.57. The van der Waals surface area contributed by atoms with E-state index in [1.165, 1.54) is 38.5 Å². The Morgan fingerprint density at radius 2 is 1.90 bits per heavy atom. The molecule has 160 valence electrons. The van der Waals surface area contributed by atoms with Gasteiger partial charge in [0.1, 0.15) is 6.10 Å². The molecule has 1 aromatic carbocycles. The fraction of sp³-hybridized carbons (Fsp3) is 0.607. The van der Waals surface area contributed by atoms with Crippen molar-refractivity contribution in [3.8, 4) is 0 Å². The number of carbonyl (C=O) groups is 1. The predicted molar refractivity (Wildman–Crippen MR) is 121 cm³/mol. The molecule has 0 saturated heterocycles. The van der Waals surface area contributed by atoms with E-state index in [0.717, 1.165) is 18.8 Å². The molecule has 6 atom stereocenters. The van der Waals surface area contributed by atoms with Crippen LogP contribution in [0, 0.1) is 28.6 Å². The molecular weight excluding hydrogens is 368 g/mol. The van der Waals surface area contributed by atoms with E-state index in [1.54, 1.807) is 11.1 Å². The van der Waals surface area contributed by atoms with Crippen molar-refractivity contribution in [2.75, 3.05) is 0 Å². The highest BCUT2D eigenvalue weighted by Crippen LogP contribution is 2.64. The van der Waals surface area contributed by atoms with Gasteiger partial charge in [-0.3, -0.25) is 0 Å². The minimum atomic E-state index is -0.154. The van der Waals surface area contributed by atoms with E-state index in [2.05, 4.69) is 32.9 Å². The fourth-order valence-corrected chi connectivity index (χ4v) is 7.56. The lowest BCUT2D eigenvalue weighted by atomic mass is 9.49. The molecule has 0 amide bonds. The number of ether oxygens (including phenoxy) is 1. The van der Waals surface area contributed by atoms with Crippen molar-refractivity contribution in [1.82, 2.24) is 0 Å². The van der Waals surface area contributed by atoms with Gasteiger partial charge in [-0.05, 0) is 93.6 Å². The van der Waals surface area contributed by atoms with Crippen molar-refractivity contribution >= 4 is 5.97 Å². The van der Waals surface area contributed by atoms with Crippen LogP contribution in [-0.4, -0.2) is 12.1 Å². The molecule has 0 spiro atoms. The maximum absolute atomic E-state index is 12.8. The largest absolute Gasteiger partial charge is 0.458 e. The first-order valence-electron chi connectivity index (χ1n) is 12.1. The number of allylic oxidation sites excluding steroid dienone is 4. The summed E-state index contributed by atoms with van der Waals surface area (Å²) >= 11 is 0. The van der Waals surface area contributed by atoms with Crippen LogP contribution >= 0.6 is 0 Å². The monoisotopic (exact) mass is 404 g/mol. The molecule has 4 aliphatic rings. The summed E-state index contributed by atoms with van der Waals surface area (Å²) in [4.78, 5) is 12.8. The van der Waals surface area contributed by atoms with Gasteiger partial charge >= 0.3 is 5.97 Å². The summed E-state index contributed by atoms with van der Waals surface area (Å²) in [5, 5.41) is 0. The van der Waals surface area contributed by atoms with E-state index in [1.807, 2.05) is 30.3 Å². The van der Waals surface area contributed by atoms with Crippen LogP contribution in [0.3, 0.4) is 0 Å². The average molecular weight is 405 g/mol. The Balaban J connectivity index is 1.38. The van der Waals surface area contributed by atoms with Crippen LogP contribution in [0.4, 0.5) is 0 Å². The average Bonchev–Trinajstić information content (AvgIpc) is 3.10. The van der Waals surface area contributed by atoms with E-state index < -0.39 is 0 Å². The molecular formula is C28H36O2. The topological polar surface area (TPSA) is 26.3 Å². The Kier molecular flexibility index (Phi) is 4.95. The number of rotatable bonds is 2. The molecule has 2 heteroatoms. The first-order chi connectivity index (χ1) is 14.5. The molecule has 3 saturated carbocycles. The third-order valence-electron chi connectivity index (χ3n) is 9.50. The SMILES string of the molecule is C/C=C1/CC[C@]2(C)C3=CC[C@]4(C)[C@@H](OC(=O)c5ccccc5)CC[C@H]4[C@@H]3CC[C@@H]2C1. The smallest absolute Gasteiger partial charge is 0.338 e. The van der Waals surface area contributed by atoms with E-state index >= 15 is 0 Å². The van der Waals surface area contributed by atoms with Crippen molar-refractivity contribution in [2.45, 2.75) is 78.2 Å². The second kappa shape index (κ2) is 7.39. The Hall–Kier alpha value is -1.83. The van der Waals surface area contributed by atoms with Crippen LogP contribution < -0.4 is 0 Å². The molecule has 4 aliphatic carbocycles. The Morgan fingerprint density at radius 1 is 1.10 bits per heavy atom. The molecule has 0 N–H and O–H groups in total. The molecule has 1 aromatic rings. The number of hydrogen-bond acceptors (Lipinski definition) is 2. The number of esters is 1. The molecule has 0 aromatic heterocycles. The van der Waals surface area contributed by atoms with Crippen LogP contribution in [0.25, 0.3) is 0 Å². The second-order valence-corrected chi connectivity index (χ2v) is 10.8. The quantitative estimate of drug-likeness (QED) is 0.387. The van der Waals surface area contributed by atoms with Crippen molar-refractivity contribution < 1.29 is 9.53 Å². The van der Waals surface area contributed by atoms with Crippen molar-refractivity contribution in [3.63, 3.8) is 0 Å². The van der Waals surface area contributed by atoms with Crippen molar-refractivity contribution in [1.29, 1.82) is 0 Å². The molecule has 0 unspecified atom stereocenters. The Labute approximate surface area is 181 Å². The summed E-state index contributed by atoms with van der Waals surface area (Å²) in [5.74, 6) is 2.01. The van der Waals surface area contributed by atoms with Crippen LogP contribution in [0.2, 0.25) is 0 Å². The van der Waals surface area contributed by atoms with Gasteiger partial charge in [0, 0.05) is 5.41 Å². The Bertz CT molecular complexity index is 881. The number of benzene rings is 1. The zero-order valence-corrected chi connectivity index (χ0v) is 18.8. The van der Waals surface area contributed by atoms with Gasteiger partial charge in [0.2, 0.25) is 0 Å². The first kappa shape index (κ1) is 20.1. The molecule has 5 rings (SSSR count). The minimum absolute atomic E-state index is 0.0412. The Morgan fingerprint density at radius 3 is 2.67 bits per heavy atom. The lowest BCUT2D eigenvalue weighted by Crippen LogP contribution is -2.48. The van der Waals surface area contributed by atoms with E-state index in [4.69, 9.17) is 4.74 Å². The second-order valence-electron chi connectivity index (χ2n) is 10.8. The summed E-state index contributed by atoms with van der Waals surface area (Å²) in [6.07, 6.45) is 14.8. The van der Waals surface area contributed by atoms with Gasteiger partial charge in [0.15, 0.2) is 0 Å². The van der Waals surface area contributed by atoms with Gasteiger partial charge in [0.05, 0.1) is 5.56 Å². The van der Waals surface area contributed by atoms with Crippen molar-refractivity contribution in [2.24, 2.45) is 28.6 Å². The molecule has 0 aliphatic heterocycles. The summed E-state index contributed by atoms with van der Waals surface area (Å²) < 4.78 is 6.13. The highest BCUT2D eigenvalue weighted by molar-refractivity contribution is 5.89. The minimum Gasteiger partial charge on any atom is -0.458 e. The molecule has 0 heterocycles. The third-order valence-corrected chi connectivity index (χ3v) is 9.50. The van der Waals surface area contributed by atoms with Gasteiger partial charge in [-0.15, -0.1) is 0 Å². The van der Waals surface area contributed by atoms with Crippen LogP contribution in [0.15, 0.2) is 53.6 Å². The van der Waals surface area contributed by atoms with E-state index in [-0.39, 0.29) is 17.5 Å². The summed E-state index contributed by atoms with van der Waals surface area (Å²) in [6.45, 7) is 7.17. The maximum Gasteiger partial charge on any atom is 0.338 e. The zero-order valence-electron chi connectivity index (χ0n) is 18.8. The van der Waals surface area contributed by atoms with Gasteiger partial charge in [-0.1, -0.05) is 55.3 Å². The van der Waals surface area contributed by atoms with Gasteiger partial charge < -0.3 is 4.74 Å². The van der Waals surface area contributed by atoms with Gasteiger partial charge in [-0.25, -0.2) is 4.79 Å². The zero-order chi connectivity index (χ0) is 20.9. The number of carbonyl (C=O) groups excluding carboxylic acids is 1. The van der Waals surface area contributed by atoms with Gasteiger partial charge in [0.25, 0.3) is 0 Å². The molecule has 30 heavy (non-hydrogen) atoms. The standard InChI is InChI=1S/C28H36O2/c1-4-19-14-16-27(2)21(18-19)10-11-22-23-12-13-25(28(23,3)17-15-24(22)27)30-26(29)20-8-6-5-7-9-20/h4-9,15,21-23,25H,10-14,16-18H2,1-3H3/b19-4-/t21-,22+,23+,25+,27+,28+/m1/s1. The highest BCUT2D eigenvalue weighted by atomic mass is 16.5. The number of fused-ring (bicyclic) bond motifs is 5. The van der Waals surface area contributed by atoms with Gasteiger partial charge in [-0.2, -0.15) is 0 Å². The van der Waals surface area contributed by atoms with Crippen LogP contribution in [-0.2, 0) is 4.74 Å². The number of hydrogen-bond donors (Lipinski definition) is 0. The van der Waals surface area contributed by atoms with Crippen LogP contribution in [0.1, 0.15) is 82.5 Å². The summed E-state index contributed by atoms with van der Waals surface area (Å²) in [6, 6.07) is 9.49. The molecule has 0 bridgehead atoms. The van der Waals surface area contributed by atoms with E-state index in [9.17, 15) is 4.79 Å². The molecule has 2 nitrogen and oxygen atoms in total. The lowest BCUT2D eigenvalue weighted by molar-refractivity contribution is -0.0280. The predicted octanol–water partition coefficient (Wildman–Crippen LogP) is 7.12. The fourth-order valence-electron chi connectivity index (χ4n) is 7.56. The first-order valence-corrected chi connectivity index (χ1v) is 12.1. The van der Waals surface area contributed by atoms with E-state index in [0.29, 0.717) is 22.8 Å². The van der Waals surface area contributed by atoms with Crippen molar-refractivity contribution in [3.05, 3.63) is 59.2 Å². The maximum atomic E-state index is 12.8. The van der Waals surface area contributed by atoms with Crippen LogP contribution in [0.5, 0.6) is 0 Å². The lowest BCUT2D eigenvalue weighted by Gasteiger charge is -2.56. The normalized spacial score (nSPS) is 41.4. The summed E-state index contributed by atoms with van der Waals surface area (Å²) in [7, 11) is 0. The molecule has 0 radical (unpaired) electrons. The molecule has 3 fully saturated rings.